The molecule has 5 heteroatoms. The Morgan fingerprint density at radius 1 is 1.31 bits per heavy atom. The molecule has 0 fully saturated rings. The number of hydrogen-bond acceptors (Lipinski definition) is 2. The van der Waals surface area contributed by atoms with Crippen molar-refractivity contribution in [3.05, 3.63) is 35.1 Å². The van der Waals surface area contributed by atoms with Gasteiger partial charge in [-0.3, -0.25) is 4.79 Å². The van der Waals surface area contributed by atoms with E-state index in [0.29, 0.717) is 0 Å². The second-order valence-electron chi connectivity index (χ2n) is 3.53. The first-order valence-corrected chi connectivity index (χ1v) is 4.76. The second kappa shape index (κ2) is 5.12. The number of benzene rings is 1. The highest BCUT2D eigenvalue weighted by atomic mass is 19.2. The van der Waals surface area contributed by atoms with Gasteiger partial charge >= 0.3 is 0 Å². The van der Waals surface area contributed by atoms with E-state index in [1.807, 2.05) is 0 Å². The zero-order valence-electron chi connectivity index (χ0n) is 8.98. The smallest absolute Gasteiger partial charge is 0.194 e. The summed E-state index contributed by atoms with van der Waals surface area (Å²) < 4.78 is 38.4. The van der Waals surface area contributed by atoms with Crippen LogP contribution in [0.25, 0.3) is 0 Å². The van der Waals surface area contributed by atoms with E-state index in [-0.39, 0.29) is 17.8 Å². The lowest BCUT2D eigenvalue weighted by atomic mass is 10.0. The van der Waals surface area contributed by atoms with Crippen molar-refractivity contribution in [1.82, 2.24) is 5.32 Å². The first kappa shape index (κ1) is 12.7. The van der Waals surface area contributed by atoms with Crippen molar-refractivity contribution >= 4 is 5.78 Å². The first-order chi connectivity index (χ1) is 7.45. The van der Waals surface area contributed by atoms with Crippen molar-refractivity contribution in [1.29, 1.82) is 0 Å². The lowest BCUT2D eigenvalue weighted by Crippen LogP contribution is -2.34. The summed E-state index contributed by atoms with van der Waals surface area (Å²) in [5.74, 6) is -4.12. The SMILES string of the molecule is CNC(Cc1cc(F)c(F)c(F)c1)C(C)=O. The number of ketones is 1. The molecule has 0 radical (unpaired) electrons. The summed E-state index contributed by atoms with van der Waals surface area (Å²) in [4.78, 5) is 11.1. The largest absolute Gasteiger partial charge is 0.310 e. The summed E-state index contributed by atoms with van der Waals surface area (Å²) in [6.45, 7) is 1.37. The van der Waals surface area contributed by atoms with Crippen LogP contribution in [-0.2, 0) is 11.2 Å². The van der Waals surface area contributed by atoms with Crippen LogP contribution in [0, 0.1) is 17.5 Å². The van der Waals surface area contributed by atoms with Crippen LogP contribution in [0.15, 0.2) is 12.1 Å². The van der Waals surface area contributed by atoms with E-state index in [9.17, 15) is 18.0 Å². The number of carbonyl (C=O) groups excluding carboxylic acids is 1. The number of hydrogen-bond donors (Lipinski definition) is 1. The third-order valence-electron chi connectivity index (χ3n) is 2.32. The van der Waals surface area contributed by atoms with Crippen molar-refractivity contribution < 1.29 is 18.0 Å². The van der Waals surface area contributed by atoms with E-state index in [2.05, 4.69) is 5.32 Å². The average molecular weight is 231 g/mol. The van der Waals surface area contributed by atoms with Crippen molar-refractivity contribution in [2.45, 2.75) is 19.4 Å². The summed E-state index contributed by atoms with van der Waals surface area (Å²) in [5, 5.41) is 2.72. The maximum Gasteiger partial charge on any atom is 0.194 e. The van der Waals surface area contributed by atoms with Crippen LogP contribution in [-0.4, -0.2) is 18.9 Å². The van der Waals surface area contributed by atoms with Crippen LogP contribution in [0.1, 0.15) is 12.5 Å². The van der Waals surface area contributed by atoms with Crippen LogP contribution in [0.5, 0.6) is 0 Å². The van der Waals surface area contributed by atoms with Gasteiger partial charge in [-0.05, 0) is 38.1 Å². The topological polar surface area (TPSA) is 29.1 Å². The predicted octanol–water partition coefficient (Wildman–Crippen LogP) is 1.82. The highest BCUT2D eigenvalue weighted by Gasteiger charge is 2.16. The Kier molecular flexibility index (Phi) is 4.06. The molecule has 0 aliphatic heterocycles. The molecule has 1 unspecified atom stereocenters. The molecule has 0 heterocycles. The van der Waals surface area contributed by atoms with Crippen LogP contribution in [0.4, 0.5) is 13.2 Å². The summed E-state index contributed by atoms with van der Waals surface area (Å²) in [5.41, 5.74) is 0.242. The van der Waals surface area contributed by atoms with E-state index in [0.717, 1.165) is 12.1 Å². The molecule has 1 atom stereocenters. The average Bonchev–Trinajstić information content (AvgIpc) is 2.21. The second-order valence-corrected chi connectivity index (χ2v) is 3.53. The zero-order valence-corrected chi connectivity index (χ0v) is 8.98. The van der Waals surface area contributed by atoms with Crippen LogP contribution in [0.2, 0.25) is 0 Å². The maximum absolute atomic E-state index is 12.9. The summed E-state index contributed by atoms with van der Waals surface area (Å²) in [6.07, 6.45) is 0.125. The minimum Gasteiger partial charge on any atom is -0.310 e. The van der Waals surface area contributed by atoms with E-state index < -0.39 is 23.5 Å². The Morgan fingerprint density at radius 3 is 2.19 bits per heavy atom. The van der Waals surface area contributed by atoms with Gasteiger partial charge in [0.05, 0.1) is 6.04 Å². The molecule has 0 saturated carbocycles. The number of likely N-dealkylation sites (N-methyl/N-ethyl adjacent to an activating group) is 1. The zero-order chi connectivity index (χ0) is 12.3. The molecular weight excluding hydrogens is 219 g/mol. The van der Waals surface area contributed by atoms with Gasteiger partial charge in [0.15, 0.2) is 17.5 Å². The molecule has 0 aliphatic rings. The van der Waals surface area contributed by atoms with Crippen LogP contribution in [0.3, 0.4) is 0 Å². The molecule has 88 valence electrons. The van der Waals surface area contributed by atoms with Gasteiger partial charge in [0, 0.05) is 0 Å². The standard InChI is InChI=1S/C11H12F3NO/c1-6(16)10(15-2)5-7-3-8(12)11(14)9(13)4-7/h3-4,10,15H,5H2,1-2H3. The van der Waals surface area contributed by atoms with E-state index >= 15 is 0 Å². The van der Waals surface area contributed by atoms with E-state index in [1.54, 1.807) is 7.05 Å². The molecule has 2 nitrogen and oxygen atoms in total. The molecule has 1 aromatic rings. The lowest BCUT2D eigenvalue weighted by Gasteiger charge is -2.12. The number of halogens is 3. The van der Waals surface area contributed by atoms with Gasteiger partial charge in [-0.2, -0.15) is 0 Å². The number of Topliss-reactive ketones (excluding diaryl/α,β-unsaturated/α-hetero) is 1. The molecule has 0 amide bonds. The van der Waals surface area contributed by atoms with E-state index in [1.165, 1.54) is 6.92 Å². The van der Waals surface area contributed by atoms with Crippen molar-refractivity contribution in [2.75, 3.05) is 7.05 Å². The van der Waals surface area contributed by atoms with Gasteiger partial charge in [0.1, 0.15) is 5.78 Å². The van der Waals surface area contributed by atoms with Crippen molar-refractivity contribution in [3.63, 3.8) is 0 Å². The fourth-order valence-corrected chi connectivity index (χ4v) is 1.41. The monoisotopic (exact) mass is 231 g/mol. The Bertz CT molecular complexity index is 383. The quantitative estimate of drug-likeness (QED) is 0.801. The minimum absolute atomic E-state index is 0.125. The molecule has 0 aliphatic carbocycles. The normalized spacial score (nSPS) is 12.6. The van der Waals surface area contributed by atoms with Gasteiger partial charge in [-0.1, -0.05) is 0 Å². The Balaban J connectivity index is 2.93. The highest BCUT2D eigenvalue weighted by molar-refractivity contribution is 5.81. The maximum atomic E-state index is 12.9. The molecule has 0 aromatic heterocycles. The predicted molar refractivity (Wildman–Crippen MR) is 53.5 cm³/mol. The molecule has 0 spiro atoms. The third kappa shape index (κ3) is 2.82. The molecular formula is C11H12F3NO. The molecule has 1 aromatic carbocycles. The first-order valence-electron chi connectivity index (χ1n) is 4.76. The fraction of sp³-hybridized carbons (Fsp3) is 0.364. The lowest BCUT2D eigenvalue weighted by molar-refractivity contribution is -0.118. The van der Waals surface area contributed by atoms with Gasteiger partial charge in [0.2, 0.25) is 0 Å². The third-order valence-corrected chi connectivity index (χ3v) is 2.32. The molecule has 0 bridgehead atoms. The summed E-state index contributed by atoms with van der Waals surface area (Å²) in [7, 11) is 1.57. The number of nitrogens with one attached hydrogen (secondary N) is 1. The summed E-state index contributed by atoms with van der Waals surface area (Å²) in [6, 6.07) is 1.27. The van der Waals surface area contributed by atoms with Gasteiger partial charge < -0.3 is 5.32 Å². The van der Waals surface area contributed by atoms with Gasteiger partial charge in [-0.25, -0.2) is 13.2 Å². The van der Waals surface area contributed by atoms with Gasteiger partial charge in [-0.15, -0.1) is 0 Å². The molecule has 0 saturated heterocycles. The highest BCUT2D eigenvalue weighted by Crippen LogP contribution is 2.15. The molecule has 1 N–H and O–H groups in total. The van der Waals surface area contributed by atoms with Crippen molar-refractivity contribution in [2.24, 2.45) is 0 Å². The molecule has 16 heavy (non-hydrogen) atoms. The molecule has 1 rings (SSSR count). The number of rotatable bonds is 4. The minimum atomic E-state index is -1.49. The number of carbonyl (C=O) groups is 1. The fourth-order valence-electron chi connectivity index (χ4n) is 1.41. The van der Waals surface area contributed by atoms with E-state index in [4.69, 9.17) is 0 Å². The van der Waals surface area contributed by atoms with Crippen molar-refractivity contribution in [3.8, 4) is 0 Å². The van der Waals surface area contributed by atoms with Crippen LogP contribution >= 0.6 is 0 Å². The Labute approximate surface area is 91.5 Å². The Hall–Kier alpha value is -1.36. The Morgan fingerprint density at radius 2 is 1.81 bits per heavy atom. The van der Waals surface area contributed by atoms with Crippen LogP contribution < -0.4 is 5.32 Å². The van der Waals surface area contributed by atoms with Gasteiger partial charge in [0.25, 0.3) is 0 Å². The summed E-state index contributed by atoms with van der Waals surface area (Å²) >= 11 is 0.